The Labute approximate surface area is 86.1 Å². The average Bonchev–Trinajstić information content (AvgIpc) is 2.27. The molecule has 0 spiro atoms. The van der Waals surface area contributed by atoms with E-state index < -0.39 is 0 Å². The quantitative estimate of drug-likeness (QED) is 0.662. The summed E-state index contributed by atoms with van der Waals surface area (Å²) in [5, 5.41) is 0. The monoisotopic (exact) mass is 190 g/mol. The van der Waals surface area contributed by atoms with Gasteiger partial charge in [0.15, 0.2) is 0 Å². The van der Waals surface area contributed by atoms with E-state index in [9.17, 15) is 4.79 Å². The Morgan fingerprint density at radius 1 is 1.36 bits per heavy atom. The molecule has 1 rings (SSSR count). The van der Waals surface area contributed by atoms with Crippen LogP contribution in [0.1, 0.15) is 49.0 Å². The molecule has 2 atom stereocenters. The highest BCUT2D eigenvalue weighted by atomic mass is 16.1. The predicted molar refractivity (Wildman–Crippen MR) is 59.7 cm³/mol. The third-order valence-electron chi connectivity index (χ3n) is 3.07. The molecule has 0 N–H and O–H groups in total. The molecule has 1 nitrogen and oxygen atoms in total. The Morgan fingerprint density at radius 3 is 2.64 bits per heavy atom. The molecule has 0 saturated heterocycles. The zero-order chi connectivity index (χ0) is 10.6. The van der Waals surface area contributed by atoms with Crippen molar-refractivity contribution in [3.63, 3.8) is 0 Å². The van der Waals surface area contributed by atoms with Crippen molar-refractivity contribution >= 4 is 6.29 Å². The number of benzene rings is 1. The largest absolute Gasteiger partial charge is 0.298 e. The minimum atomic E-state index is 0.528. The fourth-order valence-corrected chi connectivity index (χ4v) is 1.60. The zero-order valence-electron chi connectivity index (χ0n) is 9.16. The maximum Gasteiger partial charge on any atom is 0.150 e. The predicted octanol–water partition coefficient (Wildman–Crippen LogP) is 3.65. The summed E-state index contributed by atoms with van der Waals surface area (Å²) < 4.78 is 0. The van der Waals surface area contributed by atoms with E-state index in [1.165, 1.54) is 12.0 Å². The highest BCUT2D eigenvalue weighted by Gasteiger charge is 2.12. The van der Waals surface area contributed by atoms with E-state index in [-0.39, 0.29) is 0 Å². The maximum atomic E-state index is 10.6. The first-order valence-corrected chi connectivity index (χ1v) is 5.24. The number of rotatable bonds is 4. The molecule has 76 valence electrons. The van der Waals surface area contributed by atoms with Gasteiger partial charge in [-0.1, -0.05) is 45.4 Å². The van der Waals surface area contributed by atoms with E-state index in [0.717, 1.165) is 11.8 Å². The highest BCUT2D eigenvalue weighted by molar-refractivity contribution is 5.75. The second kappa shape index (κ2) is 4.94. The van der Waals surface area contributed by atoms with E-state index >= 15 is 0 Å². The highest BCUT2D eigenvalue weighted by Crippen LogP contribution is 2.26. The Hall–Kier alpha value is -1.11. The number of carbonyl (C=O) groups excluding carboxylic acids is 1. The molecule has 0 heterocycles. The molecule has 0 aliphatic heterocycles. The van der Waals surface area contributed by atoms with E-state index in [1.54, 1.807) is 0 Å². The molecular weight excluding hydrogens is 172 g/mol. The van der Waals surface area contributed by atoms with Gasteiger partial charge >= 0.3 is 0 Å². The van der Waals surface area contributed by atoms with Crippen molar-refractivity contribution in [3.8, 4) is 0 Å². The van der Waals surface area contributed by atoms with E-state index in [0.29, 0.717) is 11.8 Å². The van der Waals surface area contributed by atoms with Crippen molar-refractivity contribution in [2.45, 2.75) is 33.1 Å². The molecule has 0 fully saturated rings. The standard InChI is InChI=1S/C13H18O/c1-4-10(2)11(3)13-7-5-6-12(8-13)9-14/h5-11H,4H2,1-3H3. The summed E-state index contributed by atoms with van der Waals surface area (Å²) in [5.41, 5.74) is 2.04. The minimum absolute atomic E-state index is 0.528. The molecule has 0 amide bonds. The molecule has 14 heavy (non-hydrogen) atoms. The molecule has 0 aliphatic rings. The van der Waals surface area contributed by atoms with Gasteiger partial charge in [-0.2, -0.15) is 0 Å². The lowest BCUT2D eigenvalue weighted by Crippen LogP contribution is -2.05. The Bertz CT molecular complexity index is 304. The summed E-state index contributed by atoms with van der Waals surface area (Å²) in [6.07, 6.45) is 2.08. The maximum absolute atomic E-state index is 10.6. The molecular formula is C13H18O. The van der Waals surface area contributed by atoms with Gasteiger partial charge in [0.1, 0.15) is 6.29 Å². The van der Waals surface area contributed by atoms with Crippen LogP contribution in [0, 0.1) is 5.92 Å². The van der Waals surface area contributed by atoms with E-state index in [2.05, 4.69) is 26.8 Å². The van der Waals surface area contributed by atoms with Gasteiger partial charge in [0, 0.05) is 5.56 Å². The number of hydrogen-bond donors (Lipinski definition) is 0. The van der Waals surface area contributed by atoms with Crippen LogP contribution in [0.25, 0.3) is 0 Å². The number of carbonyl (C=O) groups is 1. The molecule has 0 saturated carbocycles. The fourth-order valence-electron chi connectivity index (χ4n) is 1.60. The van der Waals surface area contributed by atoms with Gasteiger partial charge in [0.2, 0.25) is 0 Å². The molecule has 0 aliphatic carbocycles. The van der Waals surface area contributed by atoms with E-state index in [4.69, 9.17) is 0 Å². The zero-order valence-corrected chi connectivity index (χ0v) is 9.16. The third kappa shape index (κ3) is 2.44. The van der Waals surface area contributed by atoms with Gasteiger partial charge < -0.3 is 0 Å². The lowest BCUT2D eigenvalue weighted by atomic mass is 9.87. The van der Waals surface area contributed by atoms with Crippen molar-refractivity contribution in [2.24, 2.45) is 5.92 Å². The van der Waals surface area contributed by atoms with Crippen LogP contribution >= 0.6 is 0 Å². The second-order valence-electron chi connectivity index (χ2n) is 3.96. The van der Waals surface area contributed by atoms with Crippen molar-refractivity contribution in [1.82, 2.24) is 0 Å². The van der Waals surface area contributed by atoms with Crippen LogP contribution in [-0.2, 0) is 0 Å². The summed E-state index contributed by atoms with van der Waals surface area (Å²) in [6.45, 7) is 6.67. The Kier molecular flexibility index (Phi) is 3.87. The molecule has 0 aromatic heterocycles. The first kappa shape index (κ1) is 11.0. The van der Waals surface area contributed by atoms with Crippen LogP contribution < -0.4 is 0 Å². The smallest absolute Gasteiger partial charge is 0.150 e. The minimum Gasteiger partial charge on any atom is -0.298 e. The lowest BCUT2D eigenvalue weighted by molar-refractivity contribution is 0.112. The Balaban J connectivity index is 2.89. The average molecular weight is 190 g/mol. The SMILES string of the molecule is CCC(C)C(C)c1cccc(C=O)c1. The van der Waals surface area contributed by atoms with Crippen molar-refractivity contribution < 1.29 is 4.79 Å². The molecule has 1 aromatic rings. The van der Waals surface area contributed by atoms with Crippen LogP contribution in [0.15, 0.2) is 24.3 Å². The van der Waals surface area contributed by atoms with Crippen LogP contribution in [0.4, 0.5) is 0 Å². The third-order valence-corrected chi connectivity index (χ3v) is 3.07. The molecule has 1 aromatic carbocycles. The van der Waals surface area contributed by atoms with Gasteiger partial charge in [0.25, 0.3) is 0 Å². The topological polar surface area (TPSA) is 17.1 Å². The normalized spacial score (nSPS) is 14.8. The first-order valence-electron chi connectivity index (χ1n) is 5.24. The molecule has 2 unspecified atom stereocenters. The summed E-state index contributed by atoms with van der Waals surface area (Å²) in [4.78, 5) is 10.6. The summed E-state index contributed by atoms with van der Waals surface area (Å²) in [7, 11) is 0. The second-order valence-corrected chi connectivity index (χ2v) is 3.96. The van der Waals surface area contributed by atoms with Crippen LogP contribution in [0.3, 0.4) is 0 Å². The van der Waals surface area contributed by atoms with Crippen molar-refractivity contribution in [3.05, 3.63) is 35.4 Å². The lowest BCUT2D eigenvalue weighted by Gasteiger charge is -2.18. The summed E-state index contributed by atoms with van der Waals surface area (Å²) in [6, 6.07) is 7.89. The van der Waals surface area contributed by atoms with Crippen molar-refractivity contribution in [1.29, 1.82) is 0 Å². The fraction of sp³-hybridized carbons (Fsp3) is 0.462. The van der Waals surface area contributed by atoms with Crippen molar-refractivity contribution in [2.75, 3.05) is 0 Å². The summed E-state index contributed by atoms with van der Waals surface area (Å²) in [5.74, 6) is 1.19. The van der Waals surface area contributed by atoms with Gasteiger partial charge in [-0.25, -0.2) is 0 Å². The van der Waals surface area contributed by atoms with Crippen LogP contribution in [0.5, 0.6) is 0 Å². The van der Waals surface area contributed by atoms with Gasteiger partial charge in [-0.15, -0.1) is 0 Å². The number of hydrogen-bond acceptors (Lipinski definition) is 1. The van der Waals surface area contributed by atoms with Gasteiger partial charge in [-0.3, -0.25) is 4.79 Å². The first-order chi connectivity index (χ1) is 6.69. The summed E-state index contributed by atoms with van der Waals surface area (Å²) >= 11 is 0. The molecule has 0 radical (unpaired) electrons. The molecule has 1 heteroatoms. The van der Waals surface area contributed by atoms with Crippen LogP contribution in [0.2, 0.25) is 0 Å². The van der Waals surface area contributed by atoms with E-state index in [1.807, 2.05) is 18.2 Å². The Morgan fingerprint density at radius 2 is 2.07 bits per heavy atom. The van der Waals surface area contributed by atoms with Gasteiger partial charge in [0.05, 0.1) is 0 Å². The van der Waals surface area contributed by atoms with Crippen LogP contribution in [-0.4, -0.2) is 6.29 Å². The molecule has 0 bridgehead atoms. The van der Waals surface area contributed by atoms with Gasteiger partial charge in [-0.05, 0) is 23.5 Å². The number of aldehydes is 1.